The molecule has 25 heavy (non-hydrogen) atoms. The average Bonchev–Trinajstić information content (AvgIpc) is 3.35. The van der Waals surface area contributed by atoms with Crippen LogP contribution in [0.3, 0.4) is 0 Å². The van der Waals surface area contributed by atoms with E-state index in [9.17, 15) is 4.79 Å². The Kier molecular flexibility index (Phi) is 4.99. The third kappa shape index (κ3) is 3.85. The highest BCUT2D eigenvalue weighted by Gasteiger charge is 2.22. The van der Waals surface area contributed by atoms with Gasteiger partial charge in [-0.1, -0.05) is 25.0 Å². The maximum Gasteiger partial charge on any atom is 0.227 e. The van der Waals surface area contributed by atoms with Crippen LogP contribution in [0.4, 0.5) is 10.8 Å². The van der Waals surface area contributed by atoms with Crippen molar-refractivity contribution in [1.82, 2.24) is 4.98 Å². The van der Waals surface area contributed by atoms with Crippen molar-refractivity contribution in [2.75, 3.05) is 36.5 Å². The van der Waals surface area contributed by atoms with Gasteiger partial charge < -0.3 is 15.0 Å². The molecular formula is C19H23N3O2S. The van der Waals surface area contributed by atoms with E-state index >= 15 is 0 Å². The summed E-state index contributed by atoms with van der Waals surface area (Å²) in [5.74, 6) is 0.350. The first-order valence-electron chi connectivity index (χ1n) is 8.99. The Balaban J connectivity index is 1.41. The lowest BCUT2D eigenvalue weighted by Gasteiger charge is -2.26. The quantitative estimate of drug-likeness (QED) is 0.905. The van der Waals surface area contributed by atoms with E-state index in [4.69, 9.17) is 9.72 Å². The summed E-state index contributed by atoms with van der Waals surface area (Å²) in [6.07, 6.45) is 4.39. The molecule has 1 aromatic heterocycles. The van der Waals surface area contributed by atoms with Gasteiger partial charge in [-0.25, -0.2) is 4.98 Å². The molecule has 1 amide bonds. The average molecular weight is 357 g/mol. The highest BCUT2D eigenvalue weighted by molar-refractivity contribution is 7.14. The lowest BCUT2D eigenvalue weighted by atomic mass is 10.1. The molecule has 0 atom stereocenters. The number of hydrogen-bond acceptors (Lipinski definition) is 5. The van der Waals surface area contributed by atoms with E-state index in [1.165, 1.54) is 12.8 Å². The van der Waals surface area contributed by atoms with Gasteiger partial charge in [-0.15, -0.1) is 11.3 Å². The normalized spacial score (nSPS) is 18.5. The van der Waals surface area contributed by atoms with Crippen molar-refractivity contribution in [1.29, 1.82) is 0 Å². The van der Waals surface area contributed by atoms with Gasteiger partial charge in [0.25, 0.3) is 0 Å². The van der Waals surface area contributed by atoms with Crippen LogP contribution in [-0.4, -0.2) is 37.2 Å². The topological polar surface area (TPSA) is 54.5 Å². The molecule has 1 saturated heterocycles. The van der Waals surface area contributed by atoms with Gasteiger partial charge in [0.15, 0.2) is 5.13 Å². The molecule has 1 N–H and O–H groups in total. The van der Waals surface area contributed by atoms with E-state index in [0.717, 1.165) is 61.2 Å². The Morgan fingerprint density at radius 2 is 1.88 bits per heavy atom. The first kappa shape index (κ1) is 16.5. The first-order chi connectivity index (χ1) is 12.3. The standard InChI is InChI=1S/C19H23N3O2S/c23-18(15-3-1-2-4-15)20-16-7-5-14(6-8-16)17-13-25-19(21-17)22-9-11-24-12-10-22/h5-8,13,15H,1-4,9-12H2,(H,20,23). The zero-order valence-corrected chi connectivity index (χ0v) is 15.1. The number of anilines is 2. The van der Waals surface area contributed by atoms with Gasteiger partial charge in [0.1, 0.15) is 0 Å². The fraction of sp³-hybridized carbons (Fsp3) is 0.474. The first-order valence-corrected chi connectivity index (χ1v) is 9.87. The summed E-state index contributed by atoms with van der Waals surface area (Å²) in [5, 5.41) is 6.19. The number of benzene rings is 1. The summed E-state index contributed by atoms with van der Waals surface area (Å²) in [4.78, 5) is 19.2. The lowest BCUT2D eigenvalue weighted by molar-refractivity contribution is -0.119. The van der Waals surface area contributed by atoms with Crippen LogP contribution in [0.1, 0.15) is 25.7 Å². The zero-order chi connectivity index (χ0) is 17.1. The predicted octanol–water partition coefficient (Wildman–Crippen LogP) is 3.78. The highest BCUT2D eigenvalue weighted by atomic mass is 32.1. The second-order valence-electron chi connectivity index (χ2n) is 6.66. The van der Waals surface area contributed by atoms with Gasteiger partial charge >= 0.3 is 0 Å². The third-order valence-corrected chi connectivity index (χ3v) is 5.85. The molecule has 2 fully saturated rings. The molecule has 1 aliphatic carbocycles. The van der Waals surface area contributed by atoms with Crippen LogP contribution in [0.5, 0.6) is 0 Å². The van der Waals surface area contributed by atoms with Crippen LogP contribution >= 0.6 is 11.3 Å². The Labute approximate surface area is 152 Å². The van der Waals surface area contributed by atoms with Gasteiger partial charge in [-0.05, 0) is 25.0 Å². The van der Waals surface area contributed by atoms with Crippen LogP contribution in [0, 0.1) is 5.92 Å². The van der Waals surface area contributed by atoms with Crippen molar-refractivity contribution >= 4 is 28.1 Å². The highest BCUT2D eigenvalue weighted by Crippen LogP contribution is 2.29. The number of hydrogen-bond donors (Lipinski definition) is 1. The number of amides is 1. The van der Waals surface area contributed by atoms with Gasteiger partial charge in [0.2, 0.25) is 5.91 Å². The lowest BCUT2D eigenvalue weighted by Crippen LogP contribution is -2.36. The number of rotatable bonds is 4. The molecule has 2 heterocycles. The second-order valence-corrected chi connectivity index (χ2v) is 7.50. The van der Waals surface area contributed by atoms with Crippen LogP contribution in [0.15, 0.2) is 29.6 Å². The Hall–Kier alpha value is -1.92. The molecule has 2 aromatic rings. The molecule has 0 spiro atoms. The molecule has 0 bridgehead atoms. The van der Waals surface area contributed by atoms with E-state index in [0.29, 0.717) is 0 Å². The minimum Gasteiger partial charge on any atom is -0.378 e. The fourth-order valence-electron chi connectivity index (χ4n) is 3.45. The minimum absolute atomic E-state index is 0.161. The molecule has 0 radical (unpaired) electrons. The number of thiazole rings is 1. The number of nitrogens with one attached hydrogen (secondary N) is 1. The number of carbonyl (C=O) groups is 1. The van der Waals surface area contributed by atoms with Crippen molar-refractivity contribution in [3.63, 3.8) is 0 Å². The molecule has 132 valence electrons. The molecule has 5 nitrogen and oxygen atoms in total. The predicted molar refractivity (Wildman–Crippen MR) is 101 cm³/mol. The van der Waals surface area contributed by atoms with E-state index < -0.39 is 0 Å². The van der Waals surface area contributed by atoms with Crippen LogP contribution in [0.2, 0.25) is 0 Å². The molecule has 1 aliphatic heterocycles. The molecule has 6 heteroatoms. The molecule has 2 aliphatic rings. The minimum atomic E-state index is 0.161. The van der Waals surface area contributed by atoms with Crippen LogP contribution < -0.4 is 10.2 Å². The van der Waals surface area contributed by atoms with Crippen LogP contribution in [-0.2, 0) is 9.53 Å². The van der Waals surface area contributed by atoms with Gasteiger partial charge in [0.05, 0.1) is 18.9 Å². The molecular weight excluding hydrogens is 334 g/mol. The van der Waals surface area contributed by atoms with E-state index in [1.54, 1.807) is 11.3 Å². The zero-order valence-electron chi connectivity index (χ0n) is 14.2. The van der Waals surface area contributed by atoms with Crippen molar-refractivity contribution in [2.24, 2.45) is 5.92 Å². The SMILES string of the molecule is O=C(Nc1ccc(-c2csc(N3CCOCC3)n2)cc1)C1CCCC1. The Bertz CT molecular complexity index is 717. The Morgan fingerprint density at radius 3 is 2.60 bits per heavy atom. The van der Waals surface area contributed by atoms with Gasteiger partial charge in [0, 0.05) is 35.6 Å². The number of aromatic nitrogens is 1. The largest absolute Gasteiger partial charge is 0.378 e. The summed E-state index contributed by atoms with van der Waals surface area (Å²) in [6, 6.07) is 8.00. The van der Waals surface area contributed by atoms with Gasteiger partial charge in [-0.3, -0.25) is 4.79 Å². The maximum absolute atomic E-state index is 12.2. The second kappa shape index (κ2) is 7.54. The monoisotopic (exact) mass is 357 g/mol. The summed E-state index contributed by atoms with van der Waals surface area (Å²) >= 11 is 1.67. The molecule has 4 rings (SSSR count). The number of ether oxygens (including phenoxy) is 1. The molecule has 0 unspecified atom stereocenters. The van der Waals surface area contributed by atoms with Crippen LogP contribution in [0.25, 0.3) is 11.3 Å². The number of morpholine rings is 1. The maximum atomic E-state index is 12.2. The van der Waals surface area contributed by atoms with E-state index in [1.807, 2.05) is 24.3 Å². The Morgan fingerprint density at radius 1 is 1.16 bits per heavy atom. The van der Waals surface area contributed by atoms with Crippen molar-refractivity contribution in [3.8, 4) is 11.3 Å². The van der Waals surface area contributed by atoms with E-state index in [-0.39, 0.29) is 11.8 Å². The van der Waals surface area contributed by atoms with Crippen molar-refractivity contribution < 1.29 is 9.53 Å². The summed E-state index contributed by atoms with van der Waals surface area (Å²) < 4.78 is 5.39. The third-order valence-electron chi connectivity index (χ3n) is 4.95. The van der Waals surface area contributed by atoms with E-state index in [2.05, 4.69) is 15.6 Å². The van der Waals surface area contributed by atoms with Crippen molar-refractivity contribution in [2.45, 2.75) is 25.7 Å². The van der Waals surface area contributed by atoms with Crippen molar-refractivity contribution in [3.05, 3.63) is 29.6 Å². The number of nitrogens with zero attached hydrogens (tertiary/aromatic N) is 2. The smallest absolute Gasteiger partial charge is 0.227 e. The van der Waals surface area contributed by atoms with Gasteiger partial charge in [-0.2, -0.15) is 0 Å². The number of carbonyl (C=O) groups excluding carboxylic acids is 1. The summed E-state index contributed by atoms with van der Waals surface area (Å²) in [7, 11) is 0. The fourth-order valence-corrected chi connectivity index (χ4v) is 4.34. The molecule has 1 aromatic carbocycles. The molecule has 1 saturated carbocycles. The summed E-state index contributed by atoms with van der Waals surface area (Å²) in [5.41, 5.74) is 2.93. The summed E-state index contributed by atoms with van der Waals surface area (Å²) in [6.45, 7) is 3.34.